The van der Waals surface area contributed by atoms with Crippen LogP contribution in [0.3, 0.4) is 0 Å². The van der Waals surface area contributed by atoms with Gasteiger partial charge in [0.25, 0.3) is 0 Å². The largest absolute Gasteiger partial charge is 0.390 e. The summed E-state index contributed by atoms with van der Waals surface area (Å²) in [7, 11) is 0. The van der Waals surface area contributed by atoms with Gasteiger partial charge in [0.2, 0.25) is 5.91 Å². The molecule has 2 saturated heterocycles. The first kappa shape index (κ1) is 28.8. The van der Waals surface area contributed by atoms with E-state index < -0.39 is 0 Å². The minimum atomic E-state index is -0.347. The van der Waals surface area contributed by atoms with Crippen LogP contribution in [0.4, 0.5) is 0 Å². The van der Waals surface area contributed by atoms with Gasteiger partial charge in [-0.2, -0.15) is 0 Å². The fourth-order valence-electron chi connectivity index (χ4n) is 13.2. The van der Waals surface area contributed by atoms with E-state index in [0.717, 1.165) is 19.3 Å². The molecule has 12 unspecified atom stereocenters. The van der Waals surface area contributed by atoms with Gasteiger partial charge in [-0.1, -0.05) is 34.6 Å². The minimum absolute atomic E-state index is 0.0214. The average molecular weight is 584 g/mol. The van der Waals surface area contributed by atoms with E-state index in [9.17, 15) is 9.90 Å². The second kappa shape index (κ2) is 9.42. The third-order valence-corrected chi connectivity index (χ3v) is 15.8. The number of carbonyl (C=O) groups excluding carboxylic acids is 1. The SMILES string of the molecule is CCC1CCC2C(O1)C(O)C1(C)C3CCC4C(C)(C)C(OC5CN(C(=O)CC6CC6)CCO5)CCC45CC35CCC21C. The van der Waals surface area contributed by atoms with E-state index >= 15 is 0 Å². The summed E-state index contributed by atoms with van der Waals surface area (Å²) in [6.07, 6.45) is 15.1. The molecule has 0 aromatic heterocycles. The summed E-state index contributed by atoms with van der Waals surface area (Å²) in [5, 5.41) is 12.2. The predicted octanol–water partition coefficient (Wildman–Crippen LogP) is 6.33. The first-order valence-corrected chi connectivity index (χ1v) is 17.9. The lowest BCUT2D eigenvalue weighted by Gasteiger charge is -2.63. The molecule has 0 aromatic rings. The van der Waals surface area contributed by atoms with Gasteiger partial charge in [0, 0.05) is 18.4 Å². The number of fused-ring (bicyclic) bond motifs is 4. The van der Waals surface area contributed by atoms with Crippen molar-refractivity contribution in [2.75, 3.05) is 19.7 Å². The quantitative estimate of drug-likeness (QED) is 0.410. The van der Waals surface area contributed by atoms with Crippen molar-refractivity contribution in [3.63, 3.8) is 0 Å². The smallest absolute Gasteiger partial charge is 0.223 e. The molecule has 6 aliphatic carbocycles. The Morgan fingerprint density at radius 3 is 2.48 bits per heavy atom. The highest BCUT2D eigenvalue weighted by Crippen LogP contribution is 2.89. The normalized spacial score (nSPS) is 54.2. The van der Waals surface area contributed by atoms with E-state index in [2.05, 4.69) is 34.6 Å². The average Bonchev–Trinajstić information content (AvgIpc) is 3.90. The molecule has 6 nitrogen and oxygen atoms in total. The van der Waals surface area contributed by atoms with E-state index in [1.807, 2.05) is 4.90 Å². The summed E-state index contributed by atoms with van der Waals surface area (Å²) in [5.41, 5.74) is 0.931. The molecule has 8 rings (SSSR count). The molecule has 2 spiro atoms. The number of morpholine rings is 1. The van der Waals surface area contributed by atoms with Crippen LogP contribution in [-0.4, -0.2) is 66.3 Å². The molecule has 0 bridgehead atoms. The summed E-state index contributed by atoms with van der Waals surface area (Å²) in [6.45, 7) is 14.1. The van der Waals surface area contributed by atoms with Gasteiger partial charge in [0.05, 0.1) is 37.6 Å². The number of hydrogen-bond acceptors (Lipinski definition) is 5. The Bertz CT molecular complexity index is 1110. The van der Waals surface area contributed by atoms with Crippen LogP contribution in [0.15, 0.2) is 0 Å². The molecule has 6 saturated carbocycles. The monoisotopic (exact) mass is 583 g/mol. The van der Waals surface area contributed by atoms with Gasteiger partial charge < -0.3 is 24.2 Å². The van der Waals surface area contributed by atoms with Crippen molar-refractivity contribution >= 4 is 5.91 Å². The van der Waals surface area contributed by atoms with Gasteiger partial charge in [-0.05, 0) is 122 Å². The molecule has 2 aliphatic heterocycles. The molecule has 6 heteroatoms. The standard InChI is InChI=1S/C36H57NO5/c1-6-23-9-10-24-30(41-23)31(39)34(5)26-12-11-25-32(2,3)27(13-14-35(25)21-36(26,35)16-15-33(24,34)4)42-29-20-37(17-18-40-29)28(38)19-22-7-8-22/h22-27,29-31,39H,6-21H2,1-5H3. The Kier molecular flexibility index (Phi) is 6.45. The number of aliphatic hydroxyl groups is 1. The molecule has 0 radical (unpaired) electrons. The Morgan fingerprint density at radius 2 is 1.71 bits per heavy atom. The Labute approximate surface area is 254 Å². The lowest BCUT2D eigenvalue weighted by atomic mass is 9.41. The van der Waals surface area contributed by atoms with Gasteiger partial charge in [-0.3, -0.25) is 4.79 Å². The number of hydrogen-bond donors (Lipinski definition) is 1. The van der Waals surface area contributed by atoms with Gasteiger partial charge in [0.1, 0.15) is 0 Å². The highest BCUT2D eigenvalue weighted by molar-refractivity contribution is 5.76. The van der Waals surface area contributed by atoms with Crippen molar-refractivity contribution in [2.45, 2.75) is 149 Å². The second-order valence-corrected chi connectivity index (χ2v) is 17.4. The van der Waals surface area contributed by atoms with E-state index in [1.165, 1.54) is 57.8 Å². The van der Waals surface area contributed by atoms with Crippen molar-refractivity contribution in [2.24, 2.45) is 50.7 Å². The first-order chi connectivity index (χ1) is 20.0. The van der Waals surface area contributed by atoms with Crippen LogP contribution in [0.5, 0.6) is 0 Å². The van der Waals surface area contributed by atoms with Gasteiger partial charge in [0.15, 0.2) is 6.29 Å². The van der Waals surface area contributed by atoms with Crippen LogP contribution in [0.25, 0.3) is 0 Å². The van der Waals surface area contributed by atoms with E-state index in [-0.39, 0.29) is 46.8 Å². The van der Waals surface area contributed by atoms with Crippen LogP contribution in [0.1, 0.15) is 118 Å². The Morgan fingerprint density at radius 1 is 0.952 bits per heavy atom. The lowest BCUT2D eigenvalue weighted by Crippen LogP contribution is -2.60. The summed E-state index contributed by atoms with van der Waals surface area (Å²) in [6, 6.07) is 0. The fourth-order valence-corrected chi connectivity index (χ4v) is 13.2. The third kappa shape index (κ3) is 3.67. The third-order valence-electron chi connectivity index (χ3n) is 15.8. The molecule has 1 amide bonds. The highest BCUT2D eigenvalue weighted by atomic mass is 16.7. The molecular weight excluding hydrogens is 526 g/mol. The molecule has 2 heterocycles. The van der Waals surface area contributed by atoms with Gasteiger partial charge in [-0.15, -0.1) is 0 Å². The van der Waals surface area contributed by atoms with Crippen LogP contribution < -0.4 is 0 Å². The molecule has 8 fully saturated rings. The number of aliphatic hydroxyl groups excluding tert-OH is 1. The van der Waals surface area contributed by atoms with Crippen LogP contribution in [0, 0.1) is 50.7 Å². The zero-order chi connectivity index (χ0) is 29.3. The minimum Gasteiger partial charge on any atom is -0.390 e. The molecule has 8 aliphatic rings. The number of rotatable bonds is 5. The van der Waals surface area contributed by atoms with Crippen LogP contribution >= 0.6 is 0 Å². The van der Waals surface area contributed by atoms with Gasteiger partial charge >= 0.3 is 0 Å². The maximum atomic E-state index is 12.8. The maximum Gasteiger partial charge on any atom is 0.223 e. The van der Waals surface area contributed by atoms with E-state index in [4.69, 9.17) is 14.2 Å². The van der Waals surface area contributed by atoms with Crippen molar-refractivity contribution in [1.29, 1.82) is 0 Å². The lowest BCUT2D eigenvalue weighted by molar-refractivity contribution is -0.248. The molecule has 1 N–H and O–H groups in total. The highest BCUT2D eigenvalue weighted by Gasteiger charge is 2.84. The predicted molar refractivity (Wildman–Crippen MR) is 160 cm³/mol. The van der Waals surface area contributed by atoms with E-state index in [0.29, 0.717) is 66.7 Å². The Hall–Kier alpha value is -0.690. The number of amides is 1. The van der Waals surface area contributed by atoms with Crippen molar-refractivity contribution < 1.29 is 24.1 Å². The number of nitrogens with zero attached hydrogens (tertiary/aromatic N) is 1. The number of ether oxygens (including phenoxy) is 3. The molecule has 236 valence electrons. The van der Waals surface area contributed by atoms with E-state index in [1.54, 1.807) is 0 Å². The molecule has 12 atom stereocenters. The first-order valence-electron chi connectivity index (χ1n) is 17.9. The van der Waals surface area contributed by atoms with Crippen molar-refractivity contribution in [1.82, 2.24) is 4.90 Å². The number of carbonyl (C=O) groups is 1. The summed E-state index contributed by atoms with van der Waals surface area (Å²) < 4.78 is 19.6. The zero-order valence-corrected chi connectivity index (χ0v) is 27.0. The second-order valence-electron chi connectivity index (χ2n) is 17.4. The summed E-state index contributed by atoms with van der Waals surface area (Å²) in [5.74, 6) is 2.63. The summed E-state index contributed by atoms with van der Waals surface area (Å²) >= 11 is 0. The zero-order valence-electron chi connectivity index (χ0n) is 27.0. The molecule has 42 heavy (non-hydrogen) atoms. The maximum absolute atomic E-state index is 12.8. The fraction of sp³-hybridized carbons (Fsp3) is 0.972. The van der Waals surface area contributed by atoms with Crippen LogP contribution in [0.2, 0.25) is 0 Å². The molecule has 0 aromatic carbocycles. The van der Waals surface area contributed by atoms with Crippen LogP contribution in [-0.2, 0) is 19.0 Å². The van der Waals surface area contributed by atoms with Gasteiger partial charge in [-0.25, -0.2) is 0 Å². The van der Waals surface area contributed by atoms with Crippen molar-refractivity contribution in [3.8, 4) is 0 Å². The van der Waals surface area contributed by atoms with Crippen molar-refractivity contribution in [3.05, 3.63) is 0 Å². The topological polar surface area (TPSA) is 68.2 Å². The molecular formula is C36H57NO5. The Balaban J connectivity index is 1.00. The summed E-state index contributed by atoms with van der Waals surface area (Å²) in [4.78, 5) is 14.8.